The van der Waals surface area contributed by atoms with Crippen molar-refractivity contribution in [2.45, 2.75) is 45.6 Å². The topological polar surface area (TPSA) is 67.6 Å². The maximum Gasteiger partial charge on any atom is 0.240 e. The molecule has 3 atom stereocenters. The molecule has 0 radical (unpaired) electrons. The first-order chi connectivity index (χ1) is 9.94. The van der Waals surface area contributed by atoms with Crippen molar-refractivity contribution >= 4 is 36.4 Å². The van der Waals surface area contributed by atoms with E-state index in [0.717, 1.165) is 25.3 Å². The zero-order valence-corrected chi connectivity index (χ0v) is 15.5. The first kappa shape index (κ1) is 22.1. The van der Waals surface area contributed by atoms with Gasteiger partial charge in [0.15, 0.2) is 0 Å². The van der Waals surface area contributed by atoms with Gasteiger partial charge in [0.05, 0.1) is 18.2 Å². The Morgan fingerprint density at radius 3 is 2.52 bits per heavy atom. The Morgan fingerprint density at radius 2 is 1.96 bits per heavy atom. The van der Waals surface area contributed by atoms with Gasteiger partial charge in [-0.2, -0.15) is 0 Å². The molecule has 1 amide bonds. The van der Waals surface area contributed by atoms with Crippen LogP contribution in [0.3, 0.4) is 0 Å². The molecule has 5 nitrogen and oxygen atoms in total. The third-order valence-electron chi connectivity index (χ3n) is 3.51. The normalized spacial score (nSPS) is 22.4. The molecule has 3 N–H and O–H groups in total. The minimum atomic E-state index is -0.505. The summed E-state index contributed by atoms with van der Waals surface area (Å²) in [6.45, 7) is 8.60. The van der Waals surface area contributed by atoms with Gasteiger partial charge in [-0.25, -0.2) is 0 Å². The van der Waals surface area contributed by atoms with E-state index in [-0.39, 0.29) is 42.9 Å². The van der Waals surface area contributed by atoms with E-state index in [2.05, 4.69) is 30.1 Å². The lowest BCUT2D eigenvalue weighted by Gasteiger charge is -2.35. The van der Waals surface area contributed by atoms with Gasteiger partial charge in [-0.1, -0.05) is 12.1 Å². The third kappa shape index (κ3) is 7.06. The van der Waals surface area contributed by atoms with Crippen molar-refractivity contribution in [2.75, 3.05) is 18.4 Å². The molecule has 1 aliphatic heterocycles. The number of ether oxygens (including phenoxy) is 1. The fourth-order valence-corrected chi connectivity index (χ4v) is 2.68. The Labute approximate surface area is 150 Å². The molecule has 1 saturated heterocycles. The second-order valence-corrected chi connectivity index (χ2v) is 5.93. The van der Waals surface area contributed by atoms with Crippen LogP contribution < -0.4 is 11.1 Å². The lowest BCUT2D eigenvalue weighted by atomic mass is 10.1. The standard InChI is InChI=1S/C16H25N3O2.2ClH/c1-11-8-19(9-12(2)21-11)10-14-5-4-6-15(7-14)18-16(20)13(3)17;;/h4-7,11-13H,8-10,17H2,1-3H3,(H,18,20);2*1H/t11?,12?,13-;;/m1../s1. The molecule has 0 spiro atoms. The Kier molecular flexibility index (Phi) is 9.73. The fraction of sp³-hybridized carbons (Fsp3) is 0.562. The molecule has 1 heterocycles. The number of anilines is 1. The van der Waals surface area contributed by atoms with E-state index in [1.165, 1.54) is 5.56 Å². The highest BCUT2D eigenvalue weighted by molar-refractivity contribution is 5.94. The Bertz CT molecular complexity index is 490. The number of nitrogens with zero attached hydrogens (tertiary/aromatic N) is 1. The van der Waals surface area contributed by atoms with Crippen LogP contribution in [-0.4, -0.2) is 42.1 Å². The molecule has 132 valence electrons. The summed E-state index contributed by atoms with van der Waals surface area (Å²) in [6, 6.07) is 7.42. The van der Waals surface area contributed by atoms with Crippen LogP contribution in [0.15, 0.2) is 24.3 Å². The first-order valence-electron chi connectivity index (χ1n) is 7.47. The van der Waals surface area contributed by atoms with Crippen LogP contribution in [0.1, 0.15) is 26.3 Å². The predicted octanol–water partition coefficient (Wildman–Crippen LogP) is 2.43. The number of nitrogens with one attached hydrogen (secondary N) is 1. The monoisotopic (exact) mass is 363 g/mol. The SMILES string of the molecule is CC1CN(Cc2cccc(NC(=O)[C@@H](C)N)c2)CC(C)O1.Cl.Cl. The van der Waals surface area contributed by atoms with Gasteiger partial charge >= 0.3 is 0 Å². The molecule has 1 fully saturated rings. The largest absolute Gasteiger partial charge is 0.373 e. The summed E-state index contributed by atoms with van der Waals surface area (Å²) in [5.74, 6) is -0.166. The van der Waals surface area contributed by atoms with Gasteiger partial charge < -0.3 is 15.8 Å². The molecule has 7 heteroatoms. The van der Waals surface area contributed by atoms with Crippen molar-refractivity contribution < 1.29 is 9.53 Å². The number of carbonyl (C=O) groups is 1. The number of halogens is 2. The number of benzene rings is 1. The minimum Gasteiger partial charge on any atom is -0.373 e. The lowest BCUT2D eigenvalue weighted by molar-refractivity contribution is -0.117. The van der Waals surface area contributed by atoms with Crippen LogP contribution in [0.5, 0.6) is 0 Å². The molecule has 23 heavy (non-hydrogen) atoms. The summed E-state index contributed by atoms with van der Waals surface area (Å²) in [4.78, 5) is 14.0. The van der Waals surface area contributed by atoms with Gasteiger partial charge in [0.1, 0.15) is 0 Å². The van der Waals surface area contributed by atoms with Crippen molar-refractivity contribution in [3.8, 4) is 0 Å². The van der Waals surface area contributed by atoms with Gasteiger partial charge in [0.25, 0.3) is 0 Å². The molecule has 0 aliphatic carbocycles. The maximum absolute atomic E-state index is 11.6. The van der Waals surface area contributed by atoms with Crippen LogP contribution in [0.2, 0.25) is 0 Å². The summed E-state index contributed by atoms with van der Waals surface area (Å²) >= 11 is 0. The number of rotatable bonds is 4. The average Bonchev–Trinajstić information content (AvgIpc) is 2.37. The van der Waals surface area contributed by atoms with Crippen molar-refractivity contribution in [3.05, 3.63) is 29.8 Å². The maximum atomic E-state index is 11.6. The van der Waals surface area contributed by atoms with Crippen LogP contribution in [-0.2, 0) is 16.1 Å². The number of carbonyl (C=O) groups excluding carboxylic acids is 1. The highest BCUT2D eigenvalue weighted by atomic mass is 35.5. The Morgan fingerprint density at radius 1 is 1.35 bits per heavy atom. The Balaban J connectivity index is 0.00000242. The molecular weight excluding hydrogens is 337 g/mol. The fourth-order valence-electron chi connectivity index (χ4n) is 2.68. The van der Waals surface area contributed by atoms with Crippen LogP contribution in [0.4, 0.5) is 5.69 Å². The van der Waals surface area contributed by atoms with Crippen molar-refractivity contribution in [3.63, 3.8) is 0 Å². The molecule has 1 aromatic carbocycles. The smallest absolute Gasteiger partial charge is 0.240 e. The highest BCUT2D eigenvalue weighted by Crippen LogP contribution is 2.17. The molecule has 2 unspecified atom stereocenters. The summed E-state index contributed by atoms with van der Waals surface area (Å²) in [6.07, 6.45) is 0.518. The first-order valence-corrected chi connectivity index (χ1v) is 7.47. The molecule has 0 saturated carbocycles. The molecule has 1 aromatic rings. The van der Waals surface area contributed by atoms with Gasteiger partial charge in [0.2, 0.25) is 5.91 Å². The number of morpholine rings is 1. The summed E-state index contributed by atoms with van der Waals surface area (Å²) in [7, 11) is 0. The van der Waals surface area contributed by atoms with E-state index in [4.69, 9.17) is 10.5 Å². The van der Waals surface area contributed by atoms with Crippen molar-refractivity contribution in [1.29, 1.82) is 0 Å². The lowest BCUT2D eigenvalue weighted by Crippen LogP contribution is -2.44. The summed E-state index contributed by atoms with van der Waals surface area (Å²) < 4.78 is 5.74. The molecule has 2 rings (SSSR count). The van der Waals surface area contributed by atoms with E-state index in [1.54, 1.807) is 6.92 Å². The Hall–Kier alpha value is -0.850. The van der Waals surface area contributed by atoms with Crippen LogP contribution in [0.25, 0.3) is 0 Å². The number of nitrogens with two attached hydrogens (primary N) is 1. The third-order valence-corrected chi connectivity index (χ3v) is 3.51. The van der Waals surface area contributed by atoms with E-state index < -0.39 is 6.04 Å². The van der Waals surface area contributed by atoms with Gasteiger partial charge in [-0.05, 0) is 38.5 Å². The quantitative estimate of drug-likeness (QED) is 0.861. The molecule has 0 aromatic heterocycles. The summed E-state index contributed by atoms with van der Waals surface area (Å²) in [5.41, 5.74) is 7.54. The molecule has 0 bridgehead atoms. The highest BCUT2D eigenvalue weighted by Gasteiger charge is 2.22. The summed E-state index contributed by atoms with van der Waals surface area (Å²) in [5, 5.41) is 2.83. The number of amides is 1. The zero-order valence-electron chi connectivity index (χ0n) is 13.8. The molecule has 1 aliphatic rings. The molecular formula is C16H27Cl2N3O2. The predicted molar refractivity (Wildman–Crippen MR) is 98.5 cm³/mol. The van der Waals surface area contributed by atoms with Gasteiger partial charge in [-0.3, -0.25) is 9.69 Å². The average molecular weight is 364 g/mol. The van der Waals surface area contributed by atoms with Crippen LogP contribution >= 0.6 is 24.8 Å². The minimum absolute atomic E-state index is 0. The van der Waals surface area contributed by atoms with Crippen molar-refractivity contribution in [1.82, 2.24) is 4.90 Å². The van der Waals surface area contributed by atoms with Gasteiger partial charge in [0, 0.05) is 25.3 Å². The van der Waals surface area contributed by atoms with E-state index in [9.17, 15) is 4.79 Å². The van der Waals surface area contributed by atoms with Crippen LogP contribution in [0, 0.1) is 0 Å². The number of hydrogen-bond acceptors (Lipinski definition) is 4. The van der Waals surface area contributed by atoms with E-state index in [1.807, 2.05) is 18.2 Å². The van der Waals surface area contributed by atoms with E-state index in [0.29, 0.717) is 0 Å². The zero-order chi connectivity index (χ0) is 15.4. The number of hydrogen-bond donors (Lipinski definition) is 2. The van der Waals surface area contributed by atoms with E-state index >= 15 is 0 Å². The van der Waals surface area contributed by atoms with Gasteiger partial charge in [-0.15, -0.1) is 24.8 Å². The second kappa shape index (κ2) is 10.1. The van der Waals surface area contributed by atoms with Crippen molar-refractivity contribution in [2.24, 2.45) is 5.73 Å². The second-order valence-electron chi connectivity index (χ2n) is 5.93.